The molecular weight excluding hydrogens is 388 g/mol. The fourth-order valence-corrected chi connectivity index (χ4v) is 5.39. The second-order valence-electron chi connectivity index (χ2n) is 8.45. The fraction of sp³-hybridized carbons (Fsp3) is 0.385. The van der Waals surface area contributed by atoms with Gasteiger partial charge in [0.1, 0.15) is 0 Å². The molecule has 0 N–H and O–H groups in total. The minimum atomic E-state index is -0.196. The lowest BCUT2D eigenvalue weighted by Crippen LogP contribution is -2.40. The molecule has 2 aromatic carbocycles. The normalized spacial score (nSPS) is 17.4. The van der Waals surface area contributed by atoms with Gasteiger partial charge in [0.15, 0.2) is 5.16 Å². The van der Waals surface area contributed by atoms with Crippen LogP contribution >= 0.6 is 11.8 Å². The van der Waals surface area contributed by atoms with Crippen LogP contribution in [0.3, 0.4) is 0 Å². The highest BCUT2D eigenvalue weighted by Gasteiger charge is 2.38. The molecule has 0 bridgehead atoms. The van der Waals surface area contributed by atoms with E-state index < -0.39 is 0 Å². The lowest BCUT2D eigenvalue weighted by atomic mass is 9.69. The third kappa shape index (κ3) is 3.85. The van der Waals surface area contributed by atoms with Crippen molar-refractivity contribution in [3.8, 4) is 11.3 Å². The molecule has 0 saturated carbocycles. The molecule has 3 aromatic rings. The van der Waals surface area contributed by atoms with E-state index in [-0.39, 0.29) is 11.0 Å². The maximum atomic E-state index is 14.0. The Bertz CT molecular complexity index is 1090. The molecule has 30 heavy (non-hydrogen) atoms. The van der Waals surface area contributed by atoms with Crippen molar-refractivity contribution in [1.82, 2.24) is 9.55 Å². The summed E-state index contributed by atoms with van der Waals surface area (Å²) in [6, 6.07) is 18.7. The number of hydrogen-bond acceptors (Lipinski definition) is 3. The predicted octanol–water partition coefficient (Wildman–Crippen LogP) is 6.07. The van der Waals surface area contributed by atoms with Crippen molar-refractivity contribution in [3.63, 3.8) is 0 Å². The number of benzene rings is 2. The van der Waals surface area contributed by atoms with Crippen molar-refractivity contribution in [3.05, 3.63) is 81.6 Å². The molecule has 1 heterocycles. The highest BCUT2D eigenvalue weighted by molar-refractivity contribution is 7.99. The van der Waals surface area contributed by atoms with E-state index in [1.807, 2.05) is 22.8 Å². The Hall–Kier alpha value is -2.33. The van der Waals surface area contributed by atoms with E-state index in [2.05, 4.69) is 57.2 Å². The zero-order valence-corrected chi connectivity index (χ0v) is 19.0. The Morgan fingerprint density at radius 1 is 1.07 bits per heavy atom. The summed E-state index contributed by atoms with van der Waals surface area (Å²) in [5, 5.41) is 0.839. The van der Waals surface area contributed by atoms with E-state index in [9.17, 15) is 4.79 Å². The van der Waals surface area contributed by atoms with Crippen LogP contribution in [-0.4, -0.2) is 15.3 Å². The molecule has 0 aliphatic heterocycles. The van der Waals surface area contributed by atoms with Crippen LogP contribution in [0.15, 0.2) is 64.5 Å². The minimum absolute atomic E-state index is 0.127. The molecule has 1 aliphatic rings. The van der Waals surface area contributed by atoms with Crippen LogP contribution in [0.5, 0.6) is 0 Å². The summed E-state index contributed by atoms with van der Waals surface area (Å²) in [7, 11) is 0. The van der Waals surface area contributed by atoms with Gasteiger partial charge in [-0.25, -0.2) is 4.98 Å². The molecule has 1 aromatic heterocycles. The molecule has 0 radical (unpaired) electrons. The molecule has 1 atom stereocenters. The molecule has 0 spiro atoms. The number of nitrogens with zero attached hydrogens (tertiary/aromatic N) is 2. The van der Waals surface area contributed by atoms with Gasteiger partial charge in [-0.3, -0.25) is 9.36 Å². The van der Waals surface area contributed by atoms with Gasteiger partial charge in [-0.1, -0.05) is 93.6 Å². The minimum Gasteiger partial charge on any atom is -0.283 e. The van der Waals surface area contributed by atoms with Crippen molar-refractivity contribution >= 4 is 11.8 Å². The van der Waals surface area contributed by atoms with Gasteiger partial charge in [-0.15, -0.1) is 0 Å². The third-order valence-corrected chi connectivity index (χ3v) is 7.35. The lowest BCUT2D eigenvalue weighted by molar-refractivity contribution is 0.430. The highest BCUT2D eigenvalue weighted by Crippen LogP contribution is 2.43. The van der Waals surface area contributed by atoms with Crippen molar-refractivity contribution < 1.29 is 0 Å². The zero-order valence-electron chi connectivity index (χ0n) is 18.1. The average Bonchev–Trinajstić information content (AvgIpc) is 2.77. The number of rotatable bonds is 7. The van der Waals surface area contributed by atoms with Crippen LogP contribution in [0.2, 0.25) is 0 Å². The number of unbranched alkanes of at least 4 members (excludes halogenated alkanes) is 1. The Balaban J connectivity index is 1.93. The van der Waals surface area contributed by atoms with Crippen LogP contribution in [0.4, 0.5) is 0 Å². The summed E-state index contributed by atoms with van der Waals surface area (Å²) in [5.41, 5.74) is 5.27. The Morgan fingerprint density at radius 3 is 2.53 bits per heavy atom. The molecule has 4 rings (SSSR count). The summed E-state index contributed by atoms with van der Waals surface area (Å²) in [6.45, 7) is 7.17. The number of aromatic nitrogens is 2. The van der Waals surface area contributed by atoms with Gasteiger partial charge < -0.3 is 0 Å². The van der Waals surface area contributed by atoms with E-state index in [0.717, 1.165) is 59.0 Å². The summed E-state index contributed by atoms with van der Waals surface area (Å²) in [6.07, 6.45) is 4.06. The molecule has 1 aliphatic carbocycles. The molecule has 3 nitrogen and oxygen atoms in total. The first-order chi connectivity index (χ1) is 14.6. The van der Waals surface area contributed by atoms with Crippen molar-refractivity contribution in [2.24, 2.45) is 0 Å². The Kier molecular flexibility index (Phi) is 6.14. The van der Waals surface area contributed by atoms with Gasteiger partial charge in [-0.05, 0) is 30.4 Å². The Labute approximate surface area is 183 Å². The SMILES string of the molecule is CCCCSc1nc2c(c(=O)n1Cc1ccccc1)[C@@](C)(CC)Cc1ccccc1-2. The first kappa shape index (κ1) is 20.9. The van der Waals surface area contributed by atoms with Gasteiger partial charge in [0.05, 0.1) is 17.8 Å². The van der Waals surface area contributed by atoms with E-state index in [0.29, 0.717) is 6.54 Å². The molecule has 0 amide bonds. The van der Waals surface area contributed by atoms with Crippen molar-refractivity contribution in [2.45, 2.75) is 63.6 Å². The molecule has 4 heteroatoms. The molecule has 156 valence electrons. The maximum absolute atomic E-state index is 14.0. The predicted molar refractivity (Wildman–Crippen MR) is 126 cm³/mol. The first-order valence-electron chi connectivity index (χ1n) is 11.0. The smallest absolute Gasteiger partial charge is 0.258 e. The standard InChI is InChI=1S/C26H30N2OS/c1-4-6-16-30-25-27-23-21-15-11-10-14-20(21)17-26(3,5-2)22(23)24(29)28(25)18-19-12-8-7-9-13-19/h7-15H,4-6,16-18H2,1-3H3/t26-/m0/s1. The maximum Gasteiger partial charge on any atom is 0.258 e. The summed E-state index contributed by atoms with van der Waals surface area (Å²) < 4.78 is 1.91. The van der Waals surface area contributed by atoms with Gasteiger partial charge >= 0.3 is 0 Å². The van der Waals surface area contributed by atoms with E-state index in [1.54, 1.807) is 11.8 Å². The molecular formula is C26H30N2OS. The van der Waals surface area contributed by atoms with Gasteiger partial charge in [-0.2, -0.15) is 0 Å². The molecule has 0 fully saturated rings. The van der Waals surface area contributed by atoms with Gasteiger partial charge in [0, 0.05) is 16.7 Å². The van der Waals surface area contributed by atoms with Crippen molar-refractivity contribution in [1.29, 1.82) is 0 Å². The third-order valence-electron chi connectivity index (χ3n) is 6.28. The van der Waals surface area contributed by atoms with Crippen LogP contribution in [0, 0.1) is 0 Å². The summed E-state index contributed by atoms with van der Waals surface area (Å²) in [4.78, 5) is 19.1. The van der Waals surface area contributed by atoms with Crippen molar-refractivity contribution in [2.75, 3.05) is 5.75 Å². The van der Waals surface area contributed by atoms with Gasteiger partial charge in [0.25, 0.3) is 5.56 Å². The van der Waals surface area contributed by atoms with E-state index in [1.165, 1.54) is 5.56 Å². The largest absolute Gasteiger partial charge is 0.283 e. The monoisotopic (exact) mass is 418 g/mol. The number of fused-ring (bicyclic) bond motifs is 3. The highest BCUT2D eigenvalue weighted by atomic mass is 32.2. The second-order valence-corrected chi connectivity index (χ2v) is 9.51. The quantitative estimate of drug-likeness (QED) is 0.265. The zero-order chi connectivity index (χ0) is 21.1. The topological polar surface area (TPSA) is 34.9 Å². The second kappa shape index (κ2) is 8.81. The van der Waals surface area contributed by atoms with Gasteiger partial charge in [0.2, 0.25) is 0 Å². The van der Waals surface area contributed by atoms with Crippen LogP contribution in [0.25, 0.3) is 11.3 Å². The molecule has 0 unspecified atom stereocenters. The number of thioether (sulfide) groups is 1. The Morgan fingerprint density at radius 2 is 1.80 bits per heavy atom. The van der Waals surface area contributed by atoms with E-state index >= 15 is 0 Å². The average molecular weight is 419 g/mol. The van der Waals surface area contributed by atoms with Crippen LogP contribution < -0.4 is 5.56 Å². The number of hydrogen-bond donors (Lipinski definition) is 0. The fourth-order valence-electron chi connectivity index (χ4n) is 4.31. The first-order valence-corrected chi connectivity index (χ1v) is 12.0. The van der Waals surface area contributed by atoms with E-state index in [4.69, 9.17) is 4.98 Å². The van der Waals surface area contributed by atoms with Crippen LogP contribution in [0.1, 0.15) is 56.7 Å². The van der Waals surface area contributed by atoms with Crippen LogP contribution in [-0.2, 0) is 18.4 Å². The summed E-state index contributed by atoms with van der Waals surface area (Å²) >= 11 is 1.71. The molecule has 0 saturated heterocycles. The lowest BCUT2D eigenvalue weighted by Gasteiger charge is -2.36. The summed E-state index contributed by atoms with van der Waals surface area (Å²) in [5.74, 6) is 0.975.